The highest BCUT2D eigenvalue weighted by Crippen LogP contribution is 2.36. The van der Waals surface area contributed by atoms with Gasteiger partial charge in [-0.2, -0.15) is 0 Å². The number of halogens is 1. The zero-order valence-corrected chi connectivity index (χ0v) is 13.5. The lowest BCUT2D eigenvalue weighted by atomic mass is 10.00. The van der Waals surface area contributed by atoms with Crippen molar-refractivity contribution in [2.75, 3.05) is 13.2 Å². The van der Waals surface area contributed by atoms with Crippen molar-refractivity contribution in [3.05, 3.63) is 23.8 Å². The third-order valence-electron chi connectivity index (χ3n) is 3.68. The normalized spacial score (nSPS) is 18.7. The highest BCUT2D eigenvalue weighted by molar-refractivity contribution is 8.13. The van der Waals surface area contributed by atoms with Crippen LogP contribution in [0.5, 0.6) is 5.75 Å². The second-order valence-corrected chi connectivity index (χ2v) is 7.83. The van der Waals surface area contributed by atoms with Crippen LogP contribution in [0.15, 0.2) is 23.1 Å². The smallest absolute Gasteiger partial charge is 0.261 e. The van der Waals surface area contributed by atoms with Crippen LogP contribution in [0.4, 0.5) is 0 Å². The minimum absolute atomic E-state index is 0.0202. The molecule has 0 bridgehead atoms. The van der Waals surface area contributed by atoms with Crippen LogP contribution in [-0.4, -0.2) is 27.5 Å². The number of rotatable bonds is 5. The summed E-state index contributed by atoms with van der Waals surface area (Å²) in [6.45, 7) is 4.92. The summed E-state index contributed by atoms with van der Waals surface area (Å²) in [6, 6.07) is 4.32. The van der Waals surface area contributed by atoms with E-state index < -0.39 is 15.0 Å². The van der Waals surface area contributed by atoms with Crippen LogP contribution in [-0.2, 0) is 13.8 Å². The second-order valence-electron chi connectivity index (χ2n) is 5.26. The van der Waals surface area contributed by atoms with Gasteiger partial charge in [0.15, 0.2) is 0 Å². The Hall–Kier alpha value is -1.27. The second kappa shape index (κ2) is 6.23. The average molecular weight is 332 g/mol. The first kappa shape index (κ1) is 16.1. The van der Waals surface area contributed by atoms with Gasteiger partial charge in [-0.3, -0.25) is 4.79 Å². The number of hydrogen-bond donors (Lipinski definition) is 1. The fourth-order valence-electron chi connectivity index (χ4n) is 2.10. The lowest BCUT2D eigenvalue weighted by Crippen LogP contribution is -2.33. The first-order valence-corrected chi connectivity index (χ1v) is 9.13. The maximum Gasteiger partial charge on any atom is 0.261 e. The Morgan fingerprint density at radius 2 is 2.24 bits per heavy atom. The van der Waals surface area contributed by atoms with Crippen molar-refractivity contribution in [3.8, 4) is 5.75 Å². The summed E-state index contributed by atoms with van der Waals surface area (Å²) in [4.78, 5) is 12.2. The Labute approximate surface area is 129 Å². The minimum Gasteiger partial charge on any atom is -0.492 e. The summed E-state index contributed by atoms with van der Waals surface area (Å²) in [5, 5.41) is 2.87. The Morgan fingerprint density at radius 1 is 1.52 bits per heavy atom. The van der Waals surface area contributed by atoms with Gasteiger partial charge in [-0.25, -0.2) is 8.42 Å². The molecular formula is C14H18ClNO4S. The van der Waals surface area contributed by atoms with Gasteiger partial charge < -0.3 is 10.1 Å². The highest BCUT2D eigenvalue weighted by atomic mass is 35.7. The molecule has 2 atom stereocenters. The first-order valence-electron chi connectivity index (χ1n) is 6.82. The van der Waals surface area contributed by atoms with Crippen LogP contribution in [0, 0.1) is 5.92 Å². The fraction of sp³-hybridized carbons (Fsp3) is 0.500. The lowest BCUT2D eigenvalue weighted by molar-refractivity contribution is -0.122. The lowest BCUT2D eigenvalue weighted by Gasteiger charge is -2.13. The molecule has 1 aliphatic heterocycles. The Morgan fingerprint density at radius 3 is 2.86 bits per heavy atom. The summed E-state index contributed by atoms with van der Waals surface area (Å²) in [7, 11) is 1.52. The molecule has 0 spiro atoms. The van der Waals surface area contributed by atoms with Crippen LogP contribution < -0.4 is 10.1 Å². The number of ether oxygens (including phenoxy) is 1. The molecule has 0 radical (unpaired) electrons. The monoisotopic (exact) mass is 331 g/mol. The molecule has 0 saturated heterocycles. The summed E-state index contributed by atoms with van der Waals surface area (Å²) in [5.74, 6) is 0.272. The van der Waals surface area contributed by atoms with Gasteiger partial charge in [0.1, 0.15) is 18.3 Å². The van der Waals surface area contributed by atoms with E-state index in [0.29, 0.717) is 23.8 Å². The minimum atomic E-state index is -3.82. The van der Waals surface area contributed by atoms with Gasteiger partial charge in [0.25, 0.3) is 9.05 Å². The van der Waals surface area contributed by atoms with E-state index in [1.807, 2.05) is 0 Å². The molecule has 2 unspecified atom stereocenters. The molecule has 0 aliphatic carbocycles. The van der Waals surface area contributed by atoms with E-state index in [-0.39, 0.29) is 17.4 Å². The van der Waals surface area contributed by atoms with E-state index in [1.54, 1.807) is 0 Å². The van der Waals surface area contributed by atoms with E-state index in [9.17, 15) is 13.2 Å². The number of amides is 1. The van der Waals surface area contributed by atoms with E-state index in [1.165, 1.54) is 18.2 Å². The maximum absolute atomic E-state index is 12.2. The molecule has 1 amide bonds. The predicted octanol–water partition coefficient (Wildman–Crippen LogP) is 2.25. The zero-order chi connectivity index (χ0) is 15.6. The number of carbonyl (C=O) groups is 1. The molecule has 0 fully saturated rings. The summed E-state index contributed by atoms with van der Waals surface area (Å²) < 4.78 is 28.2. The molecule has 7 heteroatoms. The molecule has 21 heavy (non-hydrogen) atoms. The molecule has 0 saturated carbocycles. The van der Waals surface area contributed by atoms with Gasteiger partial charge in [0.2, 0.25) is 5.91 Å². The number of fused-ring (bicyclic) bond motifs is 1. The number of nitrogens with one attached hydrogen (secondary N) is 1. The third kappa shape index (κ3) is 3.68. The van der Waals surface area contributed by atoms with Gasteiger partial charge in [0, 0.05) is 22.8 Å². The molecule has 0 aromatic heterocycles. The molecule has 5 nitrogen and oxygen atoms in total. The van der Waals surface area contributed by atoms with Crippen LogP contribution in [0.2, 0.25) is 0 Å². The summed E-state index contributed by atoms with van der Waals surface area (Å²) in [5.41, 5.74) is 0.568. The number of benzene rings is 1. The summed E-state index contributed by atoms with van der Waals surface area (Å²) in [6.07, 6.45) is 0.979. The Bertz CT molecular complexity index is 644. The van der Waals surface area contributed by atoms with Gasteiger partial charge in [-0.05, 0) is 24.1 Å². The molecule has 1 N–H and O–H groups in total. The van der Waals surface area contributed by atoms with Crippen molar-refractivity contribution < 1.29 is 17.9 Å². The van der Waals surface area contributed by atoms with Crippen LogP contribution in [0.1, 0.15) is 31.7 Å². The van der Waals surface area contributed by atoms with E-state index in [2.05, 4.69) is 19.2 Å². The predicted molar refractivity (Wildman–Crippen MR) is 80.2 cm³/mol. The Kier molecular flexibility index (Phi) is 4.78. The van der Waals surface area contributed by atoms with Crippen molar-refractivity contribution in [2.45, 2.75) is 31.1 Å². The summed E-state index contributed by atoms with van der Waals surface area (Å²) >= 11 is 0. The standard InChI is InChI=1S/C14H18ClNO4S/c1-3-9(2)7-16-14(17)12-8-20-13-5-4-10(6-11(12)13)21(15,18)19/h4-6,9,12H,3,7-8H2,1-2H3,(H,16,17). The molecular weight excluding hydrogens is 314 g/mol. The maximum atomic E-state index is 12.2. The highest BCUT2D eigenvalue weighted by Gasteiger charge is 2.31. The first-order chi connectivity index (χ1) is 9.82. The van der Waals surface area contributed by atoms with Crippen LogP contribution in [0.25, 0.3) is 0 Å². The third-order valence-corrected chi connectivity index (χ3v) is 5.03. The van der Waals surface area contributed by atoms with E-state index in [0.717, 1.165) is 6.42 Å². The van der Waals surface area contributed by atoms with Crippen LogP contribution in [0.3, 0.4) is 0 Å². The molecule has 1 heterocycles. The van der Waals surface area contributed by atoms with E-state index in [4.69, 9.17) is 15.4 Å². The molecule has 2 rings (SSSR count). The Balaban J connectivity index is 2.19. The topological polar surface area (TPSA) is 72.5 Å². The number of carbonyl (C=O) groups excluding carboxylic acids is 1. The van der Waals surface area contributed by atoms with Crippen molar-refractivity contribution in [1.29, 1.82) is 0 Å². The van der Waals surface area contributed by atoms with Crippen LogP contribution >= 0.6 is 10.7 Å². The van der Waals surface area contributed by atoms with Crippen molar-refractivity contribution >= 4 is 25.6 Å². The van der Waals surface area contributed by atoms with E-state index >= 15 is 0 Å². The van der Waals surface area contributed by atoms with Gasteiger partial charge in [-0.1, -0.05) is 20.3 Å². The van der Waals surface area contributed by atoms with Crippen molar-refractivity contribution in [3.63, 3.8) is 0 Å². The quantitative estimate of drug-likeness (QED) is 0.840. The molecule has 116 valence electrons. The van der Waals surface area contributed by atoms with Crippen molar-refractivity contribution in [1.82, 2.24) is 5.32 Å². The number of hydrogen-bond acceptors (Lipinski definition) is 4. The zero-order valence-electron chi connectivity index (χ0n) is 11.9. The van der Waals surface area contributed by atoms with Gasteiger partial charge in [-0.15, -0.1) is 0 Å². The average Bonchev–Trinajstić information content (AvgIpc) is 2.86. The SMILES string of the molecule is CCC(C)CNC(=O)C1COc2ccc(S(=O)(=O)Cl)cc21. The molecule has 1 aromatic carbocycles. The fourth-order valence-corrected chi connectivity index (χ4v) is 2.89. The van der Waals surface area contributed by atoms with Gasteiger partial charge in [0.05, 0.1) is 4.90 Å². The molecule has 1 aromatic rings. The molecule has 1 aliphatic rings. The largest absolute Gasteiger partial charge is 0.492 e. The van der Waals surface area contributed by atoms with Gasteiger partial charge >= 0.3 is 0 Å². The van der Waals surface area contributed by atoms with Crippen molar-refractivity contribution in [2.24, 2.45) is 5.92 Å².